The third-order valence-corrected chi connectivity index (χ3v) is 4.25. The fourth-order valence-corrected chi connectivity index (χ4v) is 2.97. The minimum Gasteiger partial charge on any atom is -0.390 e. The molecule has 28 heavy (non-hydrogen) atoms. The summed E-state index contributed by atoms with van der Waals surface area (Å²) in [5.41, 5.74) is 34.5. The van der Waals surface area contributed by atoms with Crippen LogP contribution in [0.4, 0.5) is 0 Å². The van der Waals surface area contributed by atoms with Gasteiger partial charge < -0.3 is 19.7 Å². The molecule has 0 aromatic carbocycles. The molecule has 0 spiro atoms. The zero-order valence-electron chi connectivity index (χ0n) is 14.3. The molecular weight excluding hydrogens is 376 g/mol. The monoisotopic (exact) mass is 392 g/mol. The summed E-state index contributed by atoms with van der Waals surface area (Å²) in [6.07, 6.45) is -3.22. The summed E-state index contributed by atoms with van der Waals surface area (Å²) in [6.45, 7) is -0.0512. The van der Waals surface area contributed by atoms with Crippen LogP contribution >= 0.6 is 0 Å². The van der Waals surface area contributed by atoms with Gasteiger partial charge in [0.15, 0.2) is 6.29 Å². The Morgan fingerprint density at radius 3 is 2.25 bits per heavy atom. The van der Waals surface area contributed by atoms with Crippen LogP contribution in [0.25, 0.3) is 41.8 Å². The van der Waals surface area contributed by atoms with E-state index in [1.54, 1.807) is 0 Å². The van der Waals surface area contributed by atoms with Gasteiger partial charge in [-0.3, -0.25) is 0 Å². The van der Waals surface area contributed by atoms with E-state index in [2.05, 4.69) is 40.1 Å². The van der Waals surface area contributed by atoms with Crippen molar-refractivity contribution in [2.45, 2.75) is 55.3 Å². The van der Waals surface area contributed by atoms with Crippen LogP contribution in [0.2, 0.25) is 0 Å². The van der Waals surface area contributed by atoms with Gasteiger partial charge in [0.05, 0.1) is 36.9 Å². The Morgan fingerprint density at radius 1 is 0.929 bits per heavy atom. The summed E-state index contributed by atoms with van der Waals surface area (Å²) < 4.78 is 11.3. The molecule has 1 saturated carbocycles. The predicted octanol–water partition coefficient (Wildman–Crippen LogP) is 2.13. The summed E-state index contributed by atoms with van der Waals surface area (Å²) in [5, 5.41) is 34.4. The largest absolute Gasteiger partial charge is 0.390 e. The van der Waals surface area contributed by atoms with E-state index in [4.69, 9.17) is 31.6 Å². The van der Waals surface area contributed by atoms with Gasteiger partial charge in [-0.05, 0) is 28.5 Å². The van der Waals surface area contributed by atoms with Crippen LogP contribution in [0.3, 0.4) is 0 Å². The van der Waals surface area contributed by atoms with Crippen LogP contribution in [0, 0.1) is 0 Å². The van der Waals surface area contributed by atoms with Gasteiger partial charge in [-0.1, -0.05) is 32.6 Å². The van der Waals surface area contributed by atoms with Crippen molar-refractivity contribution in [3.05, 3.63) is 53.9 Å². The lowest BCUT2D eigenvalue weighted by atomic mass is 9.84. The van der Waals surface area contributed by atoms with E-state index in [9.17, 15) is 10.2 Å². The fraction of sp³-hybridized carbons (Fsp3) is 0.833. The molecule has 1 fully saturated rings. The highest BCUT2D eigenvalue weighted by Crippen LogP contribution is 2.31. The number of aliphatic hydroxyl groups excluding tert-OH is 2. The maximum Gasteiger partial charge on any atom is 0.170 e. The summed E-state index contributed by atoms with van der Waals surface area (Å²) in [7, 11) is 0. The second-order valence-electron chi connectivity index (χ2n) is 5.90. The molecule has 16 nitrogen and oxygen atoms in total. The average Bonchev–Trinajstić information content (AvgIpc) is 2.69. The zero-order valence-corrected chi connectivity index (χ0v) is 14.3. The van der Waals surface area contributed by atoms with Crippen LogP contribution < -0.4 is 0 Å². The van der Waals surface area contributed by atoms with Crippen molar-refractivity contribution in [2.75, 3.05) is 6.54 Å². The molecule has 16 heteroatoms. The second-order valence-corrected chi connectivity index (χ2v) is 5.90. The van der Waals surface area contributed by atoms with E-state index in [-0.39, 0.29) is 13.0 Å². The molecule has 2 N–H and O–H groups in total. The molecule has 5 unspecified atom stereocenters. The van der Waals surface area contributed by atoms with Crippen LogP contribution in [0.15, 0.2) is 32.6 Å². The summed E-state index contributed by atoms with van der Waals surface area (Å²) in [4.78, 5) is 10.6. The van der Waals surface area contributed by atoms with Gasteiger partial charge in [0.25, 0.3) is 0 Å². The molecule has 0 aromatic rings. The lowest BCUT2D eigenvalue weighted by molar-refractivity contribution is -0.233. The number of rotatable bonds is 7. The molecule has 1 heterocycles. The molecule has 1 aliphatic carbocycles. The van der Waals surface area contributed by atoms with Crippen LogP contribution in [0.5, 0.6) is 0 Å². The van der Waals surface area contributed by atoms with Crippen molar-refractivity contribution in [3.63, 3.8) is 0 Å². The molecule has 2 aliphatic rings. The molecule has 0 amide bonds. The Hall–Kier alpha value is -3.18. The van der Waals surface area contributed by atoms with Gasteiger partial charge in [0.1, 0.15) is 12.1 Å². The third-order valence-electron chi connectivity index (χ3n) is 4.25. The Labute approximate surface area is 156 Å². The van der Waals surface area contributed by atoms with Crippen LogP contribution in [-0.2, 0) is 9.47 Å². The molecule has 8 atom stereocenters. The van der Waals surface area contributed by atoms with Crippen molar-refractivity contribution >= 4 is 0 Å². The quantitative estimate of drug-likeness (QED) is 0.285. The lowest BCUT2D eigenvalue weighted by Gasteiger charge is -2.42. The number of azide groups is 4. The third kappa shape index (κ3) is 4.96. The maximum atomic E-state index is 10.4. The number of hydrogen-bond donors (Lipinski definition) is 2. The first kappa shape index (κ1) is 21.1. The Bertz CT molecular complexity index is 779. The summed E-state index contributed by atoms with van der Waals surface area (Å²) in [6, 6.07) is -2.93. The molecule has 1 aliphatic heterocycles. The molecule has 0 bridgehead atoms. The first-order valence-electron chi connectivity index (χ1n) is 8.04. The second kappa shape index (κ2) is 10.2. The summed E-state index contributed by atoms with van der Waals surface area (Å²) >= 11 is 0. The number of aliphatic hydroxyl groups is 2. The minimum absolute atomic E-state index is 0.0512. The van der Waals surface area contributed by atoms with Gasteiger partial charge in [0.2, 0.25) is 0 Å². The Morgan fingerprint density at radius 2 is 1.61 bits per heavy atom. The highest BCUT2D eigenvalue weighted by molar-refractivity contribution is 5.06. The van der Waals surface area contributed by atoms with E-state index in [1.807, 2.05) is 0 Å². The fourth-order valence-electron chi connectivity index (χ4n) is 2.97. The molecule has 0 saturated heterocycles. The minimum atomic E-state index is -1.57. The van der Waals surface area contributed by atoms with E-state index in [0.717, 1.165) is 0 Å². The normalized spacial score (nSPS) is 36.8. The molecule has 0 radical (unpaired) electrons. The van der Waals surface area contributed by atoms with Gasteiger partial charge in [-0.2, -0.15) is 0 Å². The van der Waals surface area contributed by atoms with Crippen molar-refractivity contribution in [2.24, 2.45) is 20.5 Å². The number of ether oxygens (including phenoxy) is 2. The zero-order chi connectivity index (χ0) is 20.5. The van der Waals surface area contributed by atoms with Crippen molar-refractivity contribution in [1.82, 2.24) is 0 Å². The van der Waals surface area contributed by atoms with E-state index in [0.29, 0.717) is 0 Å². The van der Waals surface area contributed by atoms with E-state index < -0.39 is 48.8 Å². The molecule has 0 aromatic heterocycles. The highest BCUT2D eigenvalue weighted by Gasteiger charge is 2.45. The summed E-state index contributed by atoms with van der Waals surface area (Å²) in [5.74, 6) is 0. The Kier molecular flexibility index (Phi) is 7.72. The van der Waals surface area contributed by atoms with Crippen molar-refractivity contribution < 1.29 is 19.7 Å². The van der Waals surface area contributed by atoms with Gasteiger partial charge in [-0.15, -0.1) is 0 Å². The van der Waals surface area contributed by atoms with Crippen molar-refractivity contribution in [1.29, 1.82) is 0 Å². The Balaban J connectivity index is 2.25. The number of hydrogen-bond acceptors (Lipinski definition) is 8. The smallest absolute Gasteiger partial charge is 0.170 e. The van der Waals surface area contributed by atoms with Crippen LogP contribution in [-0.4, -0.2) is 65.6 Å². The van der Waals surface area contributed by atoms with E-state index >= 15 is 0 Å². The SMILES string of the molecule is [N-]=[N+]=NCC1C=CC(N=[N+]=[N-])[C@@H](O[C@@H]2C(N=[N+]=[N-])C[C@@H](N=[N+]=[N-])C(O)C2O)O1. The van der Waals surface area contributed by atoms with Crippen molar-refractivity contribution in [3.8, 4) is 0 Å². The highest BCUT2D eigenvalue weighted by atomic mass is 16.7. The molecular formula is C12H16N12O4. The average molecular weight is 392 g/mol. The van der Waals surface area contributed by atoms with E-state index in [1.165, 1.54) is 12.2 Å². The standard InChI is InChI=1S/C12H16N12O4/c13-21-17-4-5-1-2-6(18-22-14)12(27-5)28-11-8(20-24-16)3-7(19-23-15)9(25)10(11)26/h1-2,5-12,25-26H,3-4H2/t5?,6?,7-,8?,9?,10?,11-,12-/m1/s1. The molecule has 2 rings (SSSR count). The van der Waals surface area contributed by atoms with Gasteiger partial charge in [-0.25, -0.2) is 0 Å². The van der Waals surface area contributed by atoms with Gasteiger partial charge in [0, 0.05) is 19.6 Å². The lowest BCUT2D eigenvalue weighted by Crippen LogP contribution is -2.57. The number of nitrogens with zero attached hydrogens (tertiary/aromatic N) is 12. The first-order chi connectivity index (χ1) is 13.5. The first-order valence-corrected chi connectivity index (χ1v) is 8.04. The van der Waals surface area contributed by atoms with Gasteiger partial charge >= 0.3 is 0 Å². The topological polar surface area (TPSA) is 254 Å². The predicted molar refractivity (Wildman–Crippen MR) is 92.1 cm³/mol. The van der Waals surface area contributed by atoms with Crippen LogP contribution in [0.1, 0.15) is 6.42 Å². The molecule has 148 valence electrons. The maximum absolute atomic E-state index is 10.4.